The molecule has 1 N–H and O–H groups in total. The Kier molecular flexibility index (Phi) is 5.01. The number of aromatic nitrogens is 2. The van der Waals surface area contributed by atoms with Crippen molar-refractivity contribution >= 4 is 38.1 Å². The maximum Gasteiger partial charge on any atom is 0.276 e. The van der Waals surface area contributed by atoms with Gasteiger partial charge in [-0.15, -0.1) is 11.3 Å². The molecule has 0 spiro atoms. The highest BCUT2D eigenvalue weighted by Gasteiger charge is 2.13. The van der Waals surface area contributed by atoms with E-state index in [0.29, 0.717) is 22.2 Å². The van der Waals surface area contributed by atoms with E-state index >= 15 is 0 Å². The minimum atomic E-state index is -3.30. The normalized spacial score (nSPS) is 11.2. The van der Waals surface area contributed by atoms with Gasteiger partial charge in [0.05, 0.1) is 17.6 Å². The topological polar surface area (TPSA) is 92.3 Å². The van der Waals surface area contributed by atoms with Gasteiger partial charge < -0.3 is 0 Å². The first-order valence-electron chi connectivity index (χ1n) is 7.57. The quantitative estimate of drug-likeness (QED) is 0.726. The van der Waals surface area contributed by atoms with Crippen LogP contribution in [0.3, 0.4) is 0 Å². The molecule has 2 aromatic heterocycles. The van der Waals surface area contributed by atoms with Gasteiger partial charge in [-0.25, -0.2) is 13.4 Å². The predicted molar refractivity (Wildman–Crippen MR) is 103 cm³/mol. The summed E-state index contributed by atoms with van der Waals surface area (Å²) in [4.78, 5) is 20.5. The molecule has 0 aliphatic carbocycles. The highest BCUT2D eigenvalue weighted by Crippen LogP contribution is 2.27. The first-order chi connectivity index (χ1) is 12.3. The molecule has 3 aromatic rings. The van der Waals surface area contributed by atoms with E-state index in [1.54, 1.807) is 48.7 Å². The van der Waals surface area contributed by atoms with Gasteiger partial charge in [0.1, 0.15) is 5.69 Å². The van der Waals surface area contributed by atoms with Crippen LogP contribution in [0.4, 0.5) is 10.8 Å². The summed E-state index contributed by atoms with van der Waals surface area (Å²) in [6.45, 7) is 0. The Morgan fingerprint density at radius 2 is 1.88 bits per heavy atom. The van der Waals surface area contributed by atoms with Gasteiger partial charge >= 0.3 is 0 Å². The maximum absolute atomic E-state index is 12.1. The van der Waals surface area contributed by atoms with Crippen molar-refractivity contribution < 1.29 is 13.2 Å². The van der Waals surface area contributed by atoms with E-state index in [1.165, 1.54) is 22.7 Å². The van der Waals surface area contributed by atoms with Crippen LogP contribution in [-0.2, 0) is 10.0 Å². The van der Waals surface area contributed by atoms with Gasteiger partial charge in [0.15, 0.2) is 5.13 Å². The minimum absolute atomic E-state index is 0.317. The predicted octanol–water partition coefficient (Wildman–Crippen LogP) is 2.85. The summed E-state index contributed by atoms with van der Waals surface area (Å²) in [5.41, 5.74) is 2.40. The number of pyridine rings is 1. The zero-order valence-electron chi connectivity index (χ0n) is 14.1. The van der Waals surface area contributed by atoms with Crippen LogP contribution >= 0.6 is 11.3 Å². The minimum Gasteiger partial charge on any atom is -0.296 e. The van der Waals surface area contributed by atoms with E-state index in [9.17, 15) is 13.2 Å². The van der Waals surface area contributed by atoms with Crippen LogP contribution in [0.25, 0.3) is 11.3 Å². The van der Waals surface area contributed by atoms with Crippen LogP contribution in [0, 0.1) is 0 Å². The summed E-state index contributed by atoms with van der Waals surface area (Å²) >= 11 is 1.31. The van der Waals surface area contributed by atoms with Crippen molar-refractivity contribution in [1.29, 1.82) is 0 Å². The van der Waals surface area contributed by atoms with E-state index < -0.39 is 10.0 Å². The number of rotatable bonds is 5. The lowest BCUT2D eigenvalue weighted by Gasteiger charge is -2.16. The second kappa shape index (κ2) is 7.22. The van der Waals surface area contributed by atoms with Crippen LogP contribution < -0.4 is 9.62 Å². The first-order valence-corrected chi connectivity index (χ1v) is 10.3. The zero-order chi connectivity index (χ0) is 18.7. The lowest BCUT2D eigenvalue weighted by molar-refractivity contribution is 0.102. The van der Waals surface area contributed by atoms with Crippen LogP contribution in [0.5, 0.6) is 0 Å². The molecular weight excluding hydrogens is 372 g/mol. The van der Waals surface area contributed by atoms with Crippen molar-refractivity contribution in [3.05, 3.63) is 59.7 Å². The van der Waals surface area contributed by atoms with Crippen molar-refractivity contribution in [2.75, 3.05) is 22.9 Å². The summed E-state index contributed by atoms with van der Waals surface area (Å²) in [5.74, 6) is -0.323. The molecule has 0 saturated heterocycles. The molecule has 1 aromatic carbocycles. The molecule has 134 valence electrons. The van der Waals surface area contributed by atoms with E-state index in [4.69, 9.17) is 0 Å². The summed E-state index contributed by atoms with van der Waals surface area (Å²) in [5, 5.41) is 5.00. The Morgan fingerprint density at radius 1 is 1.15 bits per heavy atom. The molecule has 0 aliphatic rings. The number of amides is 1. The molecule has 0 unspecified atom stereocenters. The molecule has 0 bridgehead atoms. The average Bonchev–Trinajstić information content (AvgIpc) is 3.09. The lowest BCUT2D eigenvalue weighted by Crippen LogP contribution is -2.24. The molecule has 0 radical (unpaired) electrons. The summed E-state index contributed by atoms with van der Waals surface area (Å²) in [6, 6.07) is 12.1. The van der Waals surface area contributed by atoms with Crippen molar-refractivity contribution in [1.82, 2.24) is 9.97 Å². The summed E-state index contributed by atoms with van der Waals surface area (Å²) in [7, 11) is -1.80. The highest BCUT2D eigenvalue weighted by atomic mass is 32.2. The van der Waals surface area contributed by atoms with E-state index in [-0.39, 0.29) is 5.91 Å². The Hall–Kier alpha value is -2.78. The smallest absolute Gasteiger partial charge is 0.276 e. The molecule has 1 amide bonds. The third kappa shape index (κ3) is 4.06. The third-order valence-electron chi connectivity index (χ3n) is 3.65. The van der Waals surface area contributed by atoms with Crippen molar-refractivity contribution in [3.8, 4) is 11.3 Å². The summed E-state index contributed by atoms with van der Waals surface area (Å²) in [6.07, 6.45) is 2.70. The van der Waals surface area contributed by atoms with Crippen molar-refractivity contribution in [2.45, 2.75) is 0 Å². The highest BCUT2D eigenvalue weighted by molar-refractivity contribution is 7.92. The van der Waals surface area contributed by atoms with Gasteiger partial charge in [0.2, 0.25) is 10.0 Å². The fraction of sp³-hybridized carbons (Fsp3) is 0.118. The number of carbonyl (C=O) groups is 1. The molecule has 0 saturated carbocycles. The Labute approximate surface area is 155 Å². The molecule has 9 heteroatoms. The Balaban J connectivity index is 1.75. The standard InChI is InChI=1S/C17H16N4O3S2/c1-21(26(2,23)24)13-8-6-12(7-9-13)15-11-25-17(19-15)20-16(22)14-5-3-4-10-18-14/h3-11H,1-2H3,(H,19,20,22). The zero-order valence-corrected chi connectivity index (χ0v) is 15.7. The van der Waals surface area contributed by atoms with Gasteiger partial charge in [0.25, 0.3) is 5.91 Å². The second-order valence-electron chi connectivity index (χ2n) is 5.48. The van der Waals surface area contributed by atoms with E-state index in [0.717, 1.165) is 11.8 Å². The fourth-order valence-corrected chi connectivity index (χ4v) is 3.37. The fourth-order valence-electron chi connectivity index (χ4n) is 2.16. The monoisotopic (exact) mass is 388 g/mol. The van der Waals surface area contributed by atoms with Crippen LogP contribution in [-0.4, -0.2) is 37.6 Å². The van der Waals surface area contributed by atoms with Gasteiger partial charge in [-0.1, -0.05) is 18.2 Å². The van der Waals surface area contributed by atoms with Gasteiger partial charge in [-0.3, -0.25) is 19.4 Å². The van der Waals surface area contributed by atoms with Crippen LogP contribution in [0.1, 0.15) is 10.5 Å². The summed E-state index contributed by atoms with van der Waals surface area (Å²) < 4.78 is 24.4. The second-order valence-corrected chi connectivity index (χ2v) is 8.36. The maximum atomic E-state index is 12.1. The van der Waals surface area contributed by atoms with Crippen molar-refractivity contribution in [3.63, 3.8) is 0 Å². The average molecular weight is 388 g/mol. The van der Waals surface area contributed by atoms with Crippen molar-refractivity contribution in [2.24, 2.45) is 0 Å². The number of carbonyl (C=O) groups excluding carboxylic acids is 1. The Bertz CT molecular complexity index is 1020. The molecule has 2 heterocycles. The number of anilines is 2. The molecule has 0 fully saturated rings. The third-order valence-corrected chi connectivity index (χ3v) is 5.61. The number of hydrogen-bond acceptors (Lipinski definition) is 6. The molecule has 7 nitrogen and oxygen atoms in total. The molecular formula is C17H16N4O3S2. The molecule has 0 aliphatic heterocycles. The SMILES string of the molecule is CN(c1ccc(-c2csc(NC(=O)c3ccccn3)n2)cc1)S(C)(=O)=O. The first kappa shape index (κ1) is 18.0. The van der Waals surface area contributed by atoms with E-state index in [1.807, 2.05) is 5.38 Å². The van der Waals surface area contributed by atoms with E-state index in [2.05, 4.69) is 15.3 Å². The van der Waals surface area contributed by atoms with Gasteiger partial charge in [0, 0.05) is 24.2 Å². The van der Waals surface area contributed by atoms with Crippen LogP contribution in [0.2, 0.25) is 0 Å². The van der Waals surface area contributed by atoms with Crippen LogP contribution in [0.15, 0.2) is 54.0 Å². The number of nitrogens with one attached hydrogen (secondary N) is 1. The molecule has 0 atom stereocenters. The molecule has 26 heavy (non-hydrogen) atoms. The number of nitrogens with zero attached hydrogens (tertiary/aromatic N) is 3. The largest absolute Gasteiger partial charge is 0.296 e. The van der Waals surface area contributed by atoms with Gasteiger partial charge in [-0.2, -0.15) is 0 Å². The Morgan fingerprint density at radius 3 is 2.50 bits per heavy atom. The number of sulfonamides is 1. The number of benzene rings is 1. The number of hydrogen-bond donors (Lipinski definition) is 1. The van der Waals surface area contributed by atoms with Gasteiger partial charge in [-0.05, 0) is 24.3 Å². The lowest BCUT2D eigenvalue weighted by atomic mass is 10.1. The number of thiazole rings is 1. The molecule has 3 rings (SSSR count).